The first-order valence-electron chi connectivity index (χ1n) is 9.14. The van der Waals surface area contributed by atoms with E-state index in [9.17, 15) is 4.79 Å². The number of aromatic nitrogens is 3. The Morgan fingerprint density at radius 1 is 1.38 bits per heavy atom. The van der Waals surface area contributed by atoms with Crippen molar-refractivity contribution < 1.29 is 14.3 Å². The first kappa shape index (κ1) is 18.4. The number of H-pyrrole nitrogens is 1. The van der Waals surface area contributed by atoms with Gasteiger partial charge in [-0.25, -0.2) is 4.98 Å². The maximum absolute atomic E-state index is 13.0. The summed E-state index contributed by atoms with van der Waals surface area (Å²) in [6.45, 7) is 4.44. The Morgan fingerprint density at radius 3 is 3.04 bits per heavy atom. The summed E-state index contributed by atoms with van der Waals surface area (Å²) < 4.78 is 10.7. The van der Waals surface area contributed by atoms with Crippen LogP contribution in [0.4, 0.5) is 0 Å². The van der Waals surface area contributed by atoms with E-state index in [0.29, 0.717) is 37.5 Å². The van der Waals surface area contributed by atoms with E-state index in [1.54, 1.807) is 7.11 Å². The van der Waals surface area contributed by atoms with Crippen LogP contribution in [0.3, 0.4) is 0 Å². The van der Waals surface area contributed by atoms with Crippen LogP contribution in [0.2, 0.25) is 0 Å². The Bertz CT molecular complexity index is 731. The van der Waals surface area contributed by atoms with E-state index in [-0.39, 0.29) is 11.8 Å². The zero-order chi connectivity index (χ0) is 18.4. The van der Waals surface area contributed by atoms with E-state index in [1.807, 2.05) is 36.1 Å². The minimum Gasteiger partial charge on any atom is -0.493 e. The van der Waals surface area contributed by atoms with Crippen molar-refractivity contribution in [3.05, 3.63) is 41.5 Å². The third-order valence-corrected chi connectivity index (χ3v) is 4.58. The van der Waals surface area contributed by atoms with Gasteiger partial charge in [0.2, 0.25) is 0 Å². The highest BCUT2D eigenvalue weighted by atomic mass is 16.5. The van der Waals surface area contributed by atoms with Crippen molar-refractivity contribution in [2.45, 2.75) is 32.1 Å². The number of carbonyl (C=O) groups is 1. The third kappa shape index (κ3) is 4.22. The maximum atomic E-state index is 13.0. The van der Waals surface area contributed by atoms with Crippen molar-refractivity contribution in [3.8, 4) is 5.75 Å². The SMILES string of the molecule is CCOc1ccccc1C(=O)N1CCC[C@H](c2n[nH]c(CCOC)n2)C1. The summed E-state index contributed by atoms with van der Waals surface area (Å²) in [5, 5.41) is 7.33. The maximum Gasteiger partial charge on any atom is 0.257 e. The van der Waals surface area contributed by atoms with Crippen LogP contribution in [0.1, 0.15) is 47.7 Å². The molecule has 26 heavy (non-hydrogen) atoms. The molecule has 0 radical (unpaired) electrons. The number of piperidine rings is 1. The largest absolute Gasteiger partial charge is 0.493 e. The van der Waals surface area contributed by atoms with Crippen molar-refractivity contribution in [2.75, 3.05) is 33.4 Å². The number of likely N-dealkylation sites (tertiary alicyclic amines) is 1. The summed E-state index contributed by atoms with van der Waals surface area (Å²) in [4.78, 5) is 19.5. The van der Waals surface area contributed by atoms with Gasteiger partial charge in [-0.1, -0.05) is 12.1 Å². The number of nitrogens with one attached hydrogen (secondary N) is 1. The molecule has 1 amide bonds. The van der Waals surface area contributed by atoms with Crippen LogP contribution in [-0.4, -0.2) is 59.4 Å². The van der Waals surface area contributed by atoms with E-state index < -0.39 is 0 Å². The molecule has 0 unspecified atom stereocenters. The second-order valence-electron chi connectivity index (χ2n) is 6.40. The van der Waals surface area contributed by atoms with Crippen LogP contribution < -0.4 is 4.74 Å². The molecule has 2 heterocycles. The van der Waals surface area contributed by atoms with Crippen LogP contribution >= 0.6 is 0 Å². The molecule has 1 atom stereocenters. The topological polar surface area (TPSA) is 80.3 Å². The number of aromatic amines is 1. The number of hydrogen-bond donors (Lipinski definition) is 1. The van der Waals surface area contributed by atoms with Gasteiger partial charge in [-0.2, -0.15) is 5.10 Å². The van der Waals surface area contributed by atoms with Gasteiger partial charge in [0.15, 0.2) is 5.82 Å². The zero-order valence-electron chi connectivity index (χ0n) is 15.4. The molecular weight excluding hydrogens is 332 g/mol. The number of amides is 1. The van der Waals surface area contributed by atoms with Crippen molar-refractivity contribution in [2.24, 2.45) is 0 Å². The highest BCUT2D eigenvalue weighted by Crippen LogP contribution is 2.27. The van der Waals surface area contributed by atoms with Gasteiger partial charge in [0.05, 0.1) is 18.8 Å². The average Bonchev–Trinajstić information content (AvgIpc) is 3.16. The summed E-state index contributed by atoms with van der Waals surface area (Å²) in [6.07, 6.45) is 2.63. The van der Waals surface area contributed by atoms with Crippen molar-refractivity contribution in [1.29, 1.82) is 0 Å². The molecule has 0 aliphatic carbocycles. The molecule has 7 heteroatoms. The highest BCUT2D eigenvalue weighted by molar-refractivity contribution is 5.97. The molecule has 2 aromatic rings. The van der Waals surface area contributed by atoms with Crippen LogP contribution in [-0.2, 0) is 11.2 Å². The zero-order valence-corrected chi connectivity index (χ0v) is 15.4. The van der Waals surface area contributed by atoms with Gasteiger partial charge in [-0.15, -0.1) is 0 Å². The van der Waals surface area contributed by atoms with Gasteiger partial charge in [0.1, 0.15) is 11.6 Å². The number of carbonyl (C=O) groups excluding carboxylic acids is 1. The molecular formula is C19H26N4O3. The number of hydrogen-bond acceptors (Lipinski definition) is 5. The van der Waals surface area contributed by atoms with Gasteiger partial charge in [0, 0.05) is 32.5 Å². The van der Waals surface area contributed by atoms with E-state index in [1.165, 1.54) is 0 Å². The second kappa shape index (κ2) is 8.80. The number of methoxy groups -OCH3 is 1. The molecule has 1 aromatic carbocycles. The van der Waals surface area contributed by atoms with E-state index in [0.717, 1.165) is 31.0 Å². The second-order valence-corrected chi connectivity index (χ2v) is 6.40. The molecule has 0 saturated carbocycles. The predicted octanol–water partition coefficient (Wildman–Crippen LogP) is 2.41. The molecule has 140 valence electrons. The van der Waals surface area contributed by atoms with E-state index >= 15 is 0 Å². The molecule has 1 aromatic heterocycles. The monoisotopic (exact) mass is 358 g/mol. The van der Waals surface area contributed by atoms with Crippen molar-refractivity contribution >= 4 is 5.91 Å². The molecule has 7 nitrogen and oxygen atoms in total. The molecule has 1 aliphatic rings. The predicted molar refractivity (Wildman–Crippen MR) is 97.5 cm³/mol. The van der Waals surface area contributed by atoms with E-state index in [2.05, 4.69) is 15.2 Å². The molecule has 1 saturated heterocycles. The Kier molecular flexibility index (Phi) is 6.22. The Morgan fingerprint density at radius 2 is 2.23 bits per heavy atom. The van der Waals surface area contributed by atoms with Crippen molar-refractivity contribution in [3.63, 3.8) is 0 Å². The molecule has 1 aliphatic heterocycles. The lowest BCUT2D eigenvalue weighted by Gasteiger charge is -2.31. The smallest absolute Gasteiger partial charge is 0.257 e. The minimum atomic E-state index is 0.00823. The van der Waals surface area contributed by atoms with Gasteiger partial charge in [0.25, 0.3) is 5.91 Å². The molecule has 0 spiro atoms. The standard InChI is InChI=1S/C19H26N4O3/c1-3-26-16-9-5-4-8-15(16)19(24)23-11-6-7-14(13-23)18-20-17(21-22-18)10-12-25-2/h4-5,8-9,14H,3,6-7,10-13H2,1-2H3,(H,20,21,22)/t14-/m0/s1. The van der Waals surface area contributed by atoms with Crippen LogP contribution in [0.15, 0.2) is 24.3 Å². The number of rotatable bonds is 7. The summed E-state index contributed by atoms with van der Waals surface area (Å²) >= 11 is 0. The lowest BCUT2D eigenvalue weighted by Crippen LogP contribution is -2.39. The average molecular weight is 358 g/mol. The van der Waals surface area contributed by atoms with Crippen LogP contribution in [0.25, 0.3) is 0 Å². The first-order valence-corrected chi connectivity index (χ1v) is 9.14. The highest BCUT2D eigenvalue weighted by Gasteiger charge is 2.29. The minimum absolute atomic E-state index is 0.00823. The van der Waals surface area contributed by atoms with Gasteiger partial charge in [-0.05, 0) is 31.9 Å². The lowest BCUT2D eigenvalue weighted by molar-refractivity contribution is 0.0700. The molecule has 0 bridgehead atoms. The van der Waals surface area contributed by atoms with E-state index in [4.69, 9.17) is 9.47 Å². The fraction of sp³-hybridized carbons (Fsp3) is 0.526. The third-order valence-electron chi connectivity index (χ3n) is 4.58. The van der Waals surface area contributed by atoms with Crippen molar-refractivity contribution in [1.82, 2.24) is 20.1 Å². The molecule has 1 N–H and O–H groups in total. The van der Waals surface area contributed by atoms with Gasteiger partial charge < -0.3 is 14.4 Å². The fourth-order valence-electron chi connectivity index (χ4n) is 3.27. The molecule has 1 fully saturated rings. The van der Waals surface area contributed by atoms with Gasteiger partial charge in [-0.3, -0.25) is 9.89 Å². The number of nitrogens with zero attached hydrogens (tertiary/aromatic N) is 3. The molecule has 3 rings (SSSR count). The summed E-state index contributed by atoms with van der Waals surface area (Å²) in [5.74, 6) is 2.41. The fourth-order valence-corrected chi connectivity index (χ4v) is 3.27. The Balaban J connectivity index is 1.70. The quantitative estimate of drug-likeness (QED) is 0.822. The normalized spacial score (nSPS) is 17.3. The number of para-hydroxylation sites is 1. The summed E-state index contributed by atoms with van der Waals surface area (Å²) in [7, 11) is 1.67. The summed E-state index contributed by atoms with van der Waals surface area (Å²) in [6, 6.07) is 7.42. The van der Waals surface area contributed by atoms with Gasteiger partial charge >= 0.3 is 0 Å². The number of benzene rings is 1. The lowest BCUT2D eigenvalue weighted by atomic mass is 9.96. The Labute approximate surface area is 153 Å². The summed E-state index contributed by atoms with van der Waals surface area (Å²) in [5.41, 5.74) is 0.616. The van der Waals surface area contributed by atoms with Crippen LogP contribution in [0, 0.1) is 0 Å². The number of ether oxygens (including phenoxy) is 2. The first-order chi connectivity index (χ1) is 12.7. The van der Waals surface area contributed by atoms with Crippen LogP contribution in [0.5, 0.6) is 5.75 Å². The Hall–Kier alpha value is -2.41.